The fourth-order valence-electron chi connectivity index (χ4n) is 2.42. The average Bonchev–Trinajstić information content (AvgIpc) is 2.41. The van der Waals surface area contributed by atoms with Crippen LogP contribution in [-0.2, 0) is 7.05 Å². The van der Waals surface area contributed by atoms with Gasteiger partial charge in [-0.2, -0.15) is 0 Å². The predicted octanol–water partition coefficient (Wildman–Crippen LogP) is 2.39. The topological polar surface area (TPSA) is 59.3 Å². The molecule has 0 radical (unpaired) electrons. The van der Waals surface area contributed by atoms with Crippen LogP contribution in [0.25, 0.3) is 21.7 Å². The van der Waals surface area contributed by atoms with Crippen LogP contribution in [0.1, 0.15) is 10.4 Å². The molecule has 0 aliphatic carbocycles. The maximum atomic E-state index is 11.9. The minimum absolute atomic E-state index is 0.0452. The molecule has 4 nitrogen and oxygen atoms in total. The van der Waals surface area contributed by atoms with Crippen molar-refractivity contribution in [3.05, 3.63) is 58.4 Å². The number of nitrogens with zero attached hydrogens (tertiary/aromatic N) is 1. The smallest absolute Gasteiger partial charge is 0.336 e. The van der Waals surface area contributed by atoms with Gasteiger partial charge in [0, 0.05) is 23.9 Å². The molecule has 94 valence electrons. The van der Waals surface area contributed by atoms with Crippen LogP contribution < -0.4 is 5.56 Å². The molecule has 3 rings (SSSR count). The third-order valence-corrected chi connectivity index (χ3v) is 3.35. The number of carboxylic acid groups (broad SMARTS) is 1. The van der Waals surface area contributed by atoms with Crippen LogP contribution in [0.2, 0.25) is 0 Å². The first-order valence-corrected chi connectivity index (χ1v) is 5.84. The summed E-state index contributed by atoms with van der Waals surface area (Å²) in [5, 5.41) is 11.7. The van der Waals surface area contributed by atoms with Crippen molar-refractivity contribution in [3.63, 3.8) is 0 Å². The van der Waals surface area contributed by atoms with E-state index in [1.807, 2.05) is 30.3 Å². The first-order chi connectivity index (χ1) is 9.09. The molecule has 0 amide bonds. The Morgan fingerprint density at radius 3 is 2.58 bits per heavy atom. The zero-order valence-corrected chi connectivity index (χ0v) is 10.3. The number of aromatic nitrogens is 1. The molecule has 4 heteroatoms. The molecule has 0 atom stereocenters. The van der Waals surface area contributed by atoms with E-state index in [-0.39, 0.29) is 11.1 Å². The van der Waals surface area contributed by atoms with Crippen molar-refractivity contribution >= 4 is 27.6 Å². The minimum Gasteiger partial charge on any atom is -0.478 e. The Hall–Kier alpha value is -2.62. The summed E-state index contributed by atoms with van der Waals surface area (Å²) in [6, 6.07) is 12.4. The molecule has 3 aromatic rings. The summed E-state index contributed by atoms with van der Waals surface area (Å²) in [4.78, 5) is 23.2. The van der Waals surface area contributed by atoms with E-state index in [2.05, 4.69) is 0 Å². The maximum Gasteiger partial charge on any atom is 0.336 e. The zero-order valence-electron chi connectivity index (χ0n) is 10.3. The normalized spacial score (nSPS) is 11.0. The number of aryl methyl sites for hydroxylation is 1. The molecular formula is C15H11NO3. The Morgan fingerprint density at radius 1 is 1.11 bits per heavy atom. The van der Waals surface area contributed by atoms with Gasteiger partial charge in [0.1, 0.15) is 0 Å². The van der Waals surface area contributed by atoms with Gasteiger partial charge in [-0.25, -0.2) is 4.79 Å². The summed E-state index contributed by atoms with van der Waals surface area (Å²) in [6.45, 7) is 0. The molecule has 1 N–H and O–H groups in total. The van der Waals surface area contributed by atoms with Gasteiger partial charge in [-0.1, -0.05) is 36.4 Å². The lowest BCUT2D eigenvalue weighted by Crippen LogP contribution is -2.19. The number of fused-ring (bicyclic) bond motifs is 3. The van der Waals surface area contributed by atoms with E-state index >= 15 is 0 Å². The Morgan fingerprint density at radius 2 is 1.84 bits per heavy atom. The van der Waals surface area contributed by atoms with Crippen molar-refractivity contribution in [2.24, 2.45) is 7.05 Å². The van der Waals surface area contributed by atoms with E-state index in [4.69, 9.17) is 0 Å². The lowest BCUT2D eigenvalue weighted by molar-refractivity contribution is 0.0699. The Labute approximate surface area is 108 Å². The highest BCUT2D eigenvalue weighted by atomic mass is 16.4. The van der Waals surface area contributed by atoms with Gasteiger partial charge in [0.25, 0.3) is 5.56 Å². The van der Waals surface area contributed by atoms with Crippen LogP contribution in [0.15, 0.2) is 47.3 Å². The maximum absolute atomic E-state index is 11.9. The molecule has 0 spiro atoms. The van der Waals surface area contributed by atoms with Gasteiger partial charge in [0.2, 0.25) is 0 Å². The van der Waals surface area contributed by atoms with E-state index in [1.54, 1.807) is 13.1 Å². The number of aromatic carboxylic acids is 1. The quantitative estimate of drug-likeness (QED) is 0.677. The molecule has 0 aliphatic rings. The van der Waals surface area contributed by atoms with Gasteiger partial charge in [-0.3, -0.25) is 4.79 Å². The lowest BCUT2D eigenvalue weighted by Gasteiger charge is -2.10. The number of carboxylic acids is 1. The highest BCUT2D eigenvalue weighted by Gasteiger charge is 2.14. The summed E-state index contributed by atoms with van der Waals surface area (Å²) < 4.78 is 1.49. The first kappa shape index (κ1) is 11.5. The Kier molecular flexibility index (Phi) is 2.38. The molecule has 1 aromatic heterocycles. The average molecular weight is 253 g/mol. The van der Waals surface area contributed by atoms with E-state index in [9.17, 15) is 14.7 Å². The number of benzene rings is 2. The number of hydrogen-bond acceptors (Lipinski definition) is 2. The summed E-state index contributed by atoms with van der Waals surface area (Å²) in [5.41, 5.74) is 0.383. The second kappa shape index (κ2) is 3.95. The molecule has 19 heavy (non-hydrogen) atoms. The van der Waals surface area contributed by atoms with Gasteiger partial charge in [-0.15, -0.1) is 0 Å². The van der Waals surface area contributed by atoms with Crippen LogP contribution in [0.4, 0.5) is 0 Å². The van der Waals surface area contributed by atoms with Crippen molar-refractivity contribution in [1.29, 1.82) is 0 Å². The van der Waals surface area contributed by atoms with Gasteiger partial charge in [-0.05, 0) is 5.39 Å². The van der Waals surface area contributed by atoms with Gasteiger partial charge < -0.3 is 9.67 Å². The molecule has 0 fully saturated rings. The standard InChI is InChI=1S/C15H11NO3/c1-16-13(17)8-12(15(18)19)11-7-6-9-4-2-3-5-10(9)14(11)16/h2-8H,1H3,(H,18,19). The third kappa shape index (κ3) is 1.61. The van der Waals surface area contributed by atoms with Crippen LogP contribution in [-0.4, -0.2) is 15.6 Å². The molecule has 0 saturated heterocycles. The highest BCUT2D eigenvalue weighted by molar-refractivity contribution is 6.12. The fraction of sp³-hybridized carbons (Fsp3) is 0.0667. The summed E-state index contributed by atoms with van der Waals surface area (Å²) in [7, 11) is 1.66. The zero-order chi connectivity index (χ0) is 13.6. The van der Waals surface area contributed by atoms with Crippen molar-refractivity contribution in [2.45, 2.75) is 0 Å². The van der Waals surface area contributed by atoms with Crippen molar-refractivity contribution < 1.29 is 9.90 Å². The number of rotatable bonds is 1. The molecule has 0 bridgehead atoms. The number of carbonyl (C=O) groups is 1. The van der Waals surface area contributed by atoms with Crippen LogP contribution in [0, 0.1) is 0 Å². The van der Waals surface area contributed by atoms with Gasteiger partial charge >= 0.3 is 5.97 Å². The van der Waals surface area contributed by atoms with E-state index < -0.39 is 5.97 Å². The van der Waals surface area contributed by atoms with E-state index in [1.165, 1.54) is 10.6 Å². The lowest BCUT2D eigenvalue weighted by atomic mass is 10.0. The van der Waals surface area contributed by atoms with Crippen LogP contribution in [0.5, 0.6) is 0 Å². The van der Waals surface area contributed by atoms with Crippen LogP contribution in [0.3, 0.4) is 0 Å². The molecule has 1 heterocycles. The first-order valence-electron chi connectivity index (χ1n) is 5.84. The predicted molar refractivity (Wildman–Crippen MR) is 73.7 cm³/mol. The Bertz CT molecular complexity index is 878. The summed E-state index contributed by atoms with van der Waals surface area (Å²) in [6.07, 6.45) is 0. The Balaban J connectivity index is 2.66. The molecular weight excluding hydrogens is 242 g/mol. The molecule has 2 aromatic carbocycles. The third-order valence-electron chi connectivity index (χ3n) is 3.35. The summed E-state index contributed by atoms with van der Waals surface area (Å²) >= 11 is 0. The molecule has 0 unspecified atom stereocenters. The van der Waals surface area contributed by atoms with Crippen molar-refractivity contribution in [3.8, 4) is 0 Å². The second-order valence-electron chi connectivity index (χ2n) is 4.44. The number of hydrogen-bond donors (Lipinski definition) is 1. The highest BCUT2D eigenvalue weighted by Crippen LogP contribution is 2.26. The minimum atomic E-state index is -1.09. The van der Waals surface area contributed by atoms with Gasteiger partial charge in [0.05, 0.1) is 11.1 Å². The summed E-state index contributed by atoms with van der Waals surface area (Å²) in [5.74, 6) is -1.09. The van der Waals surface area contributed by atoms with Crippen molar-refractivity contribution in [2.75, 3.05) is 0 Å². The van der Waals surface area contributed by atoms with E-state index in [0.717, 1.165) is 10.8 Å². The van der Waals surface area contributed by atoms with Crippen molar-refractivity contribution in [1.82, 2.24) is 4.57 Å². The monoisotopic (exact) mass is 253 g/mol. The largest absolute Gasteiger partial charge is 0.478 e. The van der Waals surface area contributed by atoms with Crippen LogP contribution >= 0.6 is 0 Å². The second-order valence-corrected chi connectivity index (χ2v) is 4.44. The number of pyridine rings is 1. The van der Waals surface area contributed by atoms with E-state index in [0.29, 0.717) is 10.9 Å². The fourth-order valence-corrected chi connectivity index (χ4v) is 2.42. The SMILES string of the molecule is Cn1c(=O)cc(C(=O)O)c2ccc3ccccc3c21. The molecule has 0 aliphatic heterocycles. The molecule has 0 saturated carbocycles. The van der Waals surface area contributed by atoms with Gasteiger partial charge in [0.15, 0.2) is 0 Å².